The predicted octanol–water partition coefficient (Wildman–Crippen LogP) is 0.770. The molecule has 0 rings (SSSR count). The van der Waals surface area contributed by atoms with E-state index in [0.29, 0.717) is 6.42 Å². The van der Waals surface area contributed by atoms with E-state index in [2.05, 4.69) is 4.74 Å². The third kappa shape index (κ3) is 5.61. The van der Waals surface area contributed by atoms with Gasteiger partial charge in [0, 0.05) is 0 Å². The van der Waals surface area contributed by atoms with Gasteiger partial charge in [-0.15, -0.1) is 0 Å². The van der Waals surface area contributed by atoms with Gasteiger partial charge in [-0.25, -0.2) is 0 Å². The molecule has 2 N–H and O–H groups in total. The molecule has 0 saturated carbocycles. The maximum absolute atomic E-state index is 11.4. The summed E-state index contributed by atoms with van der Waals surface area (Å²) in [6.45, 7) is 3.53. The Hall–Kier alpha value is -0.420. The summed E-state index contributed by atoms with van der Waals surface area (Å²) in [5.74, 6) is -0.383. The number of hydrogen-bond donors (Lipinski definition) is 2. The molecule has 6 nitrogen and oxygen atoms in total. The summed E-state index contributed by atoms with van der Waals surface area (Å²) in [6, 6.07) is 0. The minimum absolute atomic E-state index is 0.0726. The van der Waals surface area contributed by atoms with Crippen molar-refractivity contribution < 1.29 is 28.6 Å². The largest absolute Gasteiger partial charge is 0.469 e. The minimum Gasteiger partial charge on any atom is -0.469 e. The zero-order chi connectivity index (χ0) is 12.8. The van der Waals surface area contributed by atoms with Crippen molar-refractivity contribution >= 4 is 13.6 Å². The first-order valence-electron chi connectivity index (χ1n) is 4.96. The number of esters is 1. The number of rotatable bonds is 7. The summed E-state index contributed by atoms with van der Waals surface area (Å²) in [4.78, 5) is 28.6. The second-order valence-corrected chi connectivity index (χ2v) is 5.62. The highest BCUT2D eigenvalue weighted by atomic mass is 31.2. The summed E-state index contributed by atoms with van der Waals surface area (Å²) >= 11 is 0. The van der Waals surface area contributed by atoms with Crippen molar-refractivity contribution in [2.75, 3.05) is 26.5 Å². The lowest BCUT2D eigenvalue weighted by molar-refractivity contribution is -0.155. The second-order valence-electron chi connectivity index (χ2n) is 3.85. The van der Waals surface area contributed by atoms with Crippen LogP contribution in [0, 0.1) is 5.41 Å². The fourth-order valence-corrected chi connectivity index (χ4v) is 1.40. The Morgan fingerprint density at radius 1 is 1.44 bits per heavy atom. The number of hydrogen-bond acceptors (Lipinski definition) is 4. The summed E-state index contributed by atoms with van der Waals surface area (Å²) in [7, 11) is -2.73. The molecule has 0 aromatic heterocycles. The number of carbonyl (C=O) groups is 1. The van der Waals surface area contributed by atoms with E-state index < -0.39 is 13.0 Å². The van der Waals surface area contributed by atoms with E-state index in [-0.39, 0.29) is 25.3 Å². The number of ether oxygens (including phenoxy) is 2. The van der Waals surface area contributed by atoms with E-state index in [1.807, 2.05) is 6.92 Å². The van der Waals surface area contributed by atoms with Crippen molar-refractivity contribution in [3.63, 3.8) is 0 Å². The normalized spacial score (nSPS) is 15.6. The second kappa shape index (κ2) is 6.35. The fraction of sp³-hybridized carbons (Fsp3) is 0.889. The molecule has 0 amide bonds. The summed E-state index contributed by atoms with van der Waals surface area (Å²) < 4.78 is 20.3. The third-order valence-electron chi connectivity index (χ3n) is 2.41. The smallest absolute Gasteiger partial charge is 0.327 e. The molecule has 7 heteroatoms. The molecule has 96 valence electrons. The van der Waals surface area contributed by atoms with Crippen molar-refractivity contribution in [1.29, 1.82) is 0 Å². The van der Waals surface area contributed by atoms with Crippen LogP contribution in [0.15, 0.2) is 0 Å². The zero-order valence-corrected chi connectivity index (χ0v) is 10.7. The van der Waals surface area contributed by atoms with Crippen LogP contribution in [0.5, 0.6) is 0 Å². The Kier molecular flexibility index (Phi) is 6.18. The van der Waals surface area contributed by atoms with E-state index in [9.17, 15) is 9.36 Å². The van der Waals surface area contributed by atoms with Crippen LogP contribution in [0.1, 0.15) is 20.3 Å². The molecule has 0 aliphatic carbocycles. The van der Waals surface area contributed by atoms with Gasteiger partial charge in [-0.2, -0.15) is 0 Å². The van der Waals surface area contributed by atoms with Gasteiger partial charge < -0.3 is 19.3 Å². The van der Waals surface area contributed by atoms with Gasteiger partial charge in [-0.05, 0) is 13.3 Å². The topological polar surface area (TPSA) is 93.1 Å². The molecular formula is C9H19O6P. The van der Waals surface area contributed by atoms with Gasteiger partial charge in [0.2, 0.25) is 0 Å². The maximum atomic E-state index is 11.4. The van der Waals surface area contributed by atoms with Crippen LogP contribution in [-0.4, -0.2) is 42.2 Å². The van der Waals surface area contributed by atoms with Gasteiger partial charge in [0.05, 0.1) is 31.9 Å². The Balaban J connectivity index is 4.06. The first kappa shape index (κ1) is 15.6. The van der Waals surface area contributed by atoms with Crippen molar-refractivity contribution in [2.24, 2.45) is 5.41 Å². The van der Waals surface area contributed by atoms with Crippen LogP contribution < -0.4 is 0 Å². The molecule has 0 aromatic carbocycles. The molecule has 0 aliphatic heterocycles. The van der Waals surface area contributed by atoms with E-state index in [4.69, 9.17) is 14.5 Å². The average Bonchev–Trinajstić information content (AvgIpc) is 2.21. The molecule has 0 spiro atoms. The number of methoxy groups -OCH3 is 1. The van der Waals surface area contributed by atoms with Crippen LogP contribution in [0.3, 0.4) is 0 Å². The molecule has 0 radical (unpaired) electrons. The maximum Gasteiger partial charge on any atom is 0.327 e. The Morgan fingerprint density at radius 2 is 2.00 bits per heavy atom. The van der Waals surface area contributed by atoms with Crippen LogP contribution in [-0.2, 0) is 18.8 Å². The van der Waals surface area contributed by atoms with Crippen LogP contribution in [0.2, 0.25) is 0 Å². The van der Waals surface area contributed by atoms with Gasteiger partial charge in [-0.3, -0.25) is 9.36 Å². The molecule has 1 atom stereocenters. The van der Waals surface area contributed by atoms with Crippen molar-refractivity contribution in [2.45, 2.75) is 20.3 Å². The van der Waals surface area contributed by atoms with Crippen LogP contribution in [0.25, 0.3) is 0 Å². The number of carbonyl (C=O) groups excluding carboxylic acids is 1. The zero-order valence-electron chi connectivity index (χ0n) is 9.80. The summed E-state index contributed by atoms with van der Waals surface area (Å²) in [6.07, 6.45) is 0.198. The van der Waals surface area contributed by atoms with Crippen molar-refractivity contribution in [3.8, 4) is 0 Å². The molecule has 0 bridgehead atoms. The lowest BCUT2D eigenvalue weighted by Crippen LogP contribution is -2.33. The van der Waals surface area contributed by atoms with Gasteiger partial charge in [0.15, 0.2) is 0 Å². The summed E-state index contributed by atoms with van der Waals surface area (Å²) in [5, 5.41) is 0. The van der Waals surface area contributed by atoms with E-state index in [1.165, 1.54) is 7.11 Å². The standard InChI is InChI=1S/C9H19O6P/c1-4-9(2,8(10)14-3)7-15-5-6-16(11,12)13/h4-7H2,1-3H3,(H2,11,12,13). The Labute approximate surface area is 95.1 Å². The average molecular weight is 254 g/mol. The highest BCUT2D eigenvalue weighted by Crippen LogP contribution is 2.33. The molecular weight excluding hydrogens is 235 g/mol. The van der Waals surface area contributed by atoms with Crippen LogP contribution in [0.4, 0.5) is 0 Å². The van der Waals surface area contributed by atoms with Crippen LogP contribution >= 0.6 is 7.60 Å². The van der Waals surface area contributed by atoms with E-state index in [1.54, 1.807) is 6.92 Å². The Bertz CT molecular complexity index is 273. The van der Waals surface area contributed by atoms with Crippen molar-refractivity contribution in [3.05, 3.63) is 0 Å². The molecule has 0 aromatic rings. The molecule has 0 heterocycles. The van der Waals surface area contributed by atoms with E-state index >= 15 is 0 Å². The first-order chi connectivity index (χ1) is 7.25. The Morgan fingerprint density at radius 3 is 2.38 bits per heavy atom. The lowest BCUT2D eigenvalue weighted by Gasteiger charge is -2.24. The van der Waals surface area contributed by atoms with Gasteiger partial charge in [-0.1, -0.05) is 6.92 Å². The monoisotopic (exact) mass is 254 g/mol. The van der Waals surface area contributed by atoms with Gasteiger partial charge in [0.1, 0.15) is 0 Å². The quantitative estimate of drug-likeness (QED) is 0.396. The highest BCUT2D eigenvalue weighted by Gasteiger charge is 2.32. The molecule has 0 aliphatic rings. The molecule has 1 unspecified atom stereocenters. The third-order valence-corrected chi connectivity index (χ3v) is 3.17. The molecule has 16 heavy (non-hydrogen) atoms. The highest BCUT2D eigenvalue weighted by molar-refractivity contribution is 7.51. The summed E-state index contributed by atoms with van der Waals surface area (Å²) in [5.41, 5.74) is -0.760. The minimum atomic E-state index is -4.03. The first-order valence-corrected chi connectivity index (χ1v) is 6.75. The van der Waals surface area contributed by atoms with E-state index in [0.717, 1.165) is 0 Å². The predicted molar refractivity (Wildman–Crippen MR) is 58.1 cm³/mol. The lowest BCUT2D eigenvalue weighted by atomic mass is 9.89. The van der Waals surface area contributed by atoms with Gasteiger partial charge in [0.25, 0.3) is 0 Å². The van der Waals surface area contributed by atoms with Crippen molar-refractivity contribution in [1.82, 2.24) is 0 Å². The molecule has 0 fully saturated rings. The van der Waals surface area contributed by atoms with Gasteiger partial charge >= 0.3 is 13.6 Å². The fourth-order valence-electron chi connectivity index (χ4n) is 1.03. The SMILES string of the molecule is CCC(C)(COCCP(=O)(O)O)C(=O)OC. The molecule has 0 saturated heterocycles.